The van der Waals surface area contributed by atoms with Crippen molar-refractivity contribution in [3.8, 4) is 11.6 Å². The van der Waals surface area contributed by atoms with Crippen molar-refractivity contribution >= 4 is 28.6 Å². The van der Waals surface area contributed by atoms with Crippen LogP contribution in [0.15, 0.2) is 6.07 Å². The highest BCUT2D eigenvalue weighted by Crippen LogP contribution is 2.34. The topological polar surface area (TPSA) is 57.7 Å². The molecule has 1 aromatic rings. The van der Waals surface area contributed by atoms with E-state index in [0.717, 1.165) is 7.11 Å². The van der Waals surface area contributed by atoms with E-state index in [4.69, 9.17) is 4.74 Å². The molecule has 0 unspecified atom stereocenters. The van der Waals surface area contributed by atoms with E-state index in [0.29, 0.717) is 0 Å². The van der Waals surface area contributed by atoms with E-state index in [2.05, 4.69) is 14.5 Å². The number of hydrogen-bond donors (Lipinski definition) is 0. The van der Waals surface area contributed by atoms with Crippen LogP contribution in [0.25, 0.3) is 0 Å². The van der Waals surface area contributed by atoms with Crippen LogP contribution in [0.1, 0.15) is 10.5 Å². The molecule has 1 heterocycles. The van der Waals surface area contributed by atoms with Gasteiger partial charge >= 0.3 is 12.3 Å². The molecule has 1 aromatic heterocycles. The van der Waals surface area contributed by atoms with Crippen molar-refractivity contribution in [1.29, 1.82) is 0 Å². The van der Waals surface area contributed by atoms with E-state index >= 15 is 0 Å². The molecule has 0 aliphatic heterocycles. The lowest BCUT2D eigenvalue weighted by atomic mass is 10.3. The zero-order valence-electron chi connectivity index (χ0n) is 9.17. The Hall–Kier alpha value is -1.26. The number of halogens is 4. The van der Waals surface area contributed by atoms with Crippen LogP contribution in [0, 0.1) is 3.57 Å². The van der Waals surface area contributed by atoms with Crippen molar-refractivity contribution in [2.75, 3.05) is 14.2 Å². The first-order chi connectivity index (χ1) is 8.28. The maximum atomic E-state index is 12.2. The molecular weight excluding hydrogens is 370 g/mol. The molecule has 0 spiro atoms. The average molecular weight is 377 g/mol. The van der Waals surface area contributed by atoms with Crippen molar-refractivity contribution in [2.45, 2.75) is 6.36 Å². The van der Waals surface area contributed by atoms with Gasteiger partial charge in [-0.05, 0) is 28.7 Å². The van der Waals surface area contributed by atoms with Crippen LogP contribution in [-0.2, 0) is 4.74 Å². The Labute approximate surface area is 113 Å². The molecule has 18 heavy (non-hydrogen) atoms. The van der Waals surface area contributed by atoms with Gasteiger partial charge in [-0.3, -0.25) is 0 Å². The van der Waals surface area contributed by atoms with Gasteiger partial charge < -0.3 is 14.2 Å². The number of nitrogens with zero attached hydrogens (tertiary/aromatic N) is 1. The van der Waals surface area contributed by atoms with Crippen molar-refractivity contribution in [1.82, 2.24) is 4.98 Å². The molecule has 0 radical (unpaired) electrons. The number of aromatic nitrogens is 1. The molecule has 0 aromatic carbocycles. The highest BCUT2D eigenvalue weighted by Gasteiger charge is 2.34. The van der Waals surface area contributed by atoms with Gasteiger partial charge in [0.25, 0.3) is 5.88 Å². The molecular formula is C9H7F3INO4. The summed E-state index contributed by atoms with van der Waals surface area (Å²) in [7, 11) is 2.26. The Morgan fingerprint density at radius 3 is 2.44 bits per heavy atom. The van der Waals surface area contributed by atoms with Crippen LogP contribution in [0.3, 0.4) is 0 Å². The van der Waals surface area contributed by atoms with Gasteiger partial charge in [0.05, 0.1) is 17.8 Å². The fourth-order valence-corrected chi connectivity index (χ4v) is 1.80. The lowest BCUT2D eigenvalue weighted by Gasteiger charge is -2.13. The van der Waals surface area contributed by atoms with Crippen LogP contribution < -0.4 is 9.47 Å². The third-order valence-corrected chi connectivity index (χ3v) is 2.51. The van der Waals surface area contributed by atoms with E-state index in [1.165, 1.54) is 13.2 Å². The number of methoxy groups -OCH3 is 2. The highest BCUT2D eigenvalue weighted by atomic mass is 127. The molecule has 0 amide bonds. The SMILES string of the molecule is COC(=O)c1cc(I)c(OC)c(OC(F)(F)F)n1. The standard InChI is InChI=1S/C9H7F3INO4/c1-16-6-4(13)3-5(8(15)17-2)14-7(6)18-9(10,11)12/h3H,1-2H3. The van der Waals surface area contributed by atoms with Gasteiger partial charge in [0.1, 0.15) is 0 Å². The summed E-state index contributed by atoms with van der Waals surface area (Å²) in [6.45, 7) is 0. The Morgan fingerprint density at radius 1 is 1.39 bits per heavy atom. The molecule has 0 bridgehead atoms. The van der Waals surface area contributed by atoms with Gasteiger partial charge in [0.2, 0.25) is 0 Å². The number of rotatable bonds is 3. The Kier molecular flexibility index (Phi) is 4.59. The first kappa shape index (κ1) is 14.8. The van der Waals surface area contributed by atoms with Gasteiger partial charge in [0.15, 0.2) is 11.4 Å². The monoisotopic (exact) mass is 377 g/mol. The van der Waals surface area contributed by atoms with E-state index in [9.17, 15) is 18.0 Å². The summed E-state index contributed by atoms with van der Waals surface area (Å²) in [6.07, 6.45) is -4.93. The second-order valence-electron chi connectivity index (χ2n) is 2.87. The molecule has 1 rings (SSSR count). The van der Waals surface area contributed by atoms with Crippen LogP contribution in [0.4, 0.5) is 13.2 Å². The second kappa shape index (κ2) is 5.59. The maximum absolute atomic E-state index is 12.2. The minimum Gasteiger partial charge on any atom is -0.490 e. The number of pyridine rings is 1. The molecule has 5 nitrogen and oxygen atoms in total. The van der Waals surface area contributed by atoms with E-state index in [-0.39, 0.29) is 15.0 Å². The molecule has 0 aliphatic rings. The zero-order valence-corrected chi connectivity index (χ0v) is 11.3. The van der Waals surface area contributed by atoms with Crippen molar-refractivity contribution in [3.63, 3.8) is 0 Å². The maximum Gasteiger partial charge on any atom is 0.574 e. The summed E-state index contributed by atoms with van der Waals surface area (Å²) < 4.78 is 49.5. The summed E-state index contributed by atoms with van der Waals surface area (Å²) in [5, 5.41) is 0. The highest BCUT2D eigenvalue weighted by molar-refractivity contribution is 14.1. The average Bonchev–Trinajstić information content (AvgIpc) is 2.25. The quantitative estimate of drug-likeness (QED) is 0.598. The van der Waals surface area contributed by atoms with E-state index in [1.807, 2.05) is 0 Å². The summed E-state index contributed by atoms with van der Waals surface area (Å²) in [6, 6.07) is 1.23. The molecule has 100 valence electrons. The number of alkyl halides is 3. The van der Waals surface area contributed by atoms with Gasteiger partial charge in [-0.15, -0.1) is 13.2 Å². The lowest BCUT2D eigenvalue weighted by Crippen LogP contribution is -2.20. The summed E-state index contributed by atoms with van der Waals surface area (Å²) in [4.78, 5) is 14.6. The van der Waals surface area contributed by atoms with Crippen LogP contribution in [-0.4, -0.2) is 31.5 Å². The van der Waals surface area contributed by atoms with Crippen LogP contribution in [0.2, 0.25) is 0 Å². The zero-order chi connectivity index (χ0) is 13.9. The number of ether oxygens (including phenoxy) is 3. The van der Waals surface area contributed by atoms with E-state index < -0.39 is 18.2 Å². The fourth-order valence-electron chi connectivity index (χ4n) is 1.05. The van der Waals surface area contributed by atoms with Crippen molar-refractivity contribution < 1.29 is 32.2 Å². The normalized spacial score (nSPS) is 11.0. The van der Waals surface area contributed by atoms with Crippen molar-refractivity contribution in [3.05, 3.63) is 15.3 Å². The van der Waals surface area contributed by atoms with Crippen LogP contribution in [0.5, 0.6) is 11.6 Å². The molecule has 0 atom stereocenters. The van der Waals surface area contributed by atoms with Crippen LogP contribution >= 0.6 is 22.6 Å². The Bertz CT molecular complexity index is 464. The number of esters is 1. The summed E-state index contributed by atoms with van der Waals surface area (Å²) in [5.74, 6) is -1.92. The molecule has 0 fully saturated rings. The number of carbonyl (C=O) groups is 1. The number of carbonyl (C=O) groups excluding carboxylic acids is 1. The Balaban J connectivity index is 3.28. The smallest absolute Gasteiger partial charge is 0.490 e. The third-order valence-electron chi connectivity index (χ3n) is 1.71. The van der Waals surface area contributed by atoms with Gasteiger partial charge in [-0.25, -0.2) is 9.78 Å². The number of hydrogen-bond acceptors (Lipinski definition) is 5. The van der Waals surface area contributed by atoms with Gasteiger partial charge in [-0.2, -0.15) is 0 Å². The largest absolute Gasteiger partial charge is 0.574 e. The minimum atomic E-state index is -4.93. The third kappa shape index (κ3) is 3.62. The molecule has 0 saturated heterocycles. The predicted octanol–water partition coefficient (Wildman–Crippen LogP) is 2.38. The second-order valence-corrected chi connectivity index (χ2v) is 4.03. The fraction of sp³-hybridized carbons (Fsp3) is 0.333. The summed E-state index contributed by atoms with van der Waals surface area (Å²) in [5.41, 5.74) is -0.304. The predicted molar refractivity (Wildman–Crippen MR) is 61.5 cm³/mol. The van der Waals surface area contributed by atoms with Gasteiger partial charge in [-0.1, -0.05) is 0 Å². The van der Waals surface area contributed by atoms with Crippen molar-refractivity contribution in [2.24, 2.45) is 0 Å². The molecule has 0 aliphatic carbocycles. The molecule has 0 saturated carbocycles. The first-order valence-corrected chi connectivity index (χ1v) is 5.45. The van der Waals surface area contributed by atoms with Gasteiger partial charge in [0, 0.05) is 0 Å². The molecule has 0 N–H and O–H groups in total. The lowest BCUT2D eigenvalue weighted by molar-refractivity contribution is -0.276. The Morgan fingerprint density at radius 2 is 2.00 bits per heavy atom. The first-order valence-electron chi connectivity index (χ1n) is 4.37. The summed E-state index contributed by atoms with van der Waals surface area (Å²) >= 11 is 1.69. The molecule has 9 heteroatoms. The van der Waals surface area contributed by atoms with E-state index in [1.54, 1.807) is 22.6 Å². The minimum absolute atomic E-state index is 0.208.